The van der Waals surface area contributed by atoms with Gasteiger partial charge in [-0.1, -0.05) is 54.6 Å². The number of benzene rings is 4. The maximum atomic E-state index is 3.88. The zero-order valence-electron chi connectivity index (χ0n) is 16.2. The Kier molecular flexibility index (Phi) is 7.94. The predicted molar refractivity (Wildman–Crippen MR) is 154 cm³/mol. The van der Waals surface area contributed by atoms with Crippen molar-refractivity contribution in [1.29, 1.82) is 0 Å². The molecule has 0 aliphatic heterocycles. The Morgan fingerprint density at radius 1 is 0.419 bits per heavy atom. The second kappa shape index (κ2) is 10.3. The molecule has 0 amide bonds. The van der Waals surface area contributed by atoms with E-state index in [0.717, 1.165) is 28.5 Å². The van der Waals surface area contributed by atoms with Crippen LogP contribution in [0.15, 0.2) is 113 Å². The first-order valence-electron chi connectivity index (χ1n) is 9.52. The molecule has 0 fully saturated rings. The molecule has 0 aliphatic carbocycles. The van der Waals surface area contributed by atoms with Gasteiger partial charge in [-0.3, -0.25) is 0 Å². The van der Waals surface area contributed by atoms with Gasteiger partial charge in [0.1, 0.15) is 29.3 Å². The zero-order chi connectivity index (χ0) is 22.0. The molecule has 4 aromatic rings. The van der Waals surface area contributed by atoms with E-state index in [1.165, 1.54) is 21.5 Å². The Balaban J connectivity index is 2.08. The van der Waals surface area contributed by atoms with Crippen molar-refractivity contribution >= 4 is 103 Å². The molecule has 0 aliphatic rings. The summed E-state index contributed by atoms with van der Waals surface area (Å²) < 4.78 is 5.11. The molecule has 0 atom stereocenters. The lowest BCUT2D eigenvalue weighted by Crippen LogP contribution is -2.32. The van der Waals surface area contributed by atoms with E-state index in [0.29, 0.717) is 0 Å². The van der Waals surface area contributed by atoms with E-state index < -0.39 is 7.26 Å². The van der Waals surface area contributed by atoms with Gasteiger partial charge in [0.05, 0.1) is 0 Å². The van der Waals surface area contributed by atoms with Gasteiger partial charge in [-0.2, -0.15) is 0 Å². The molecule has 0 heterocycles. The number of hydrogen-bond acceptors (Lipinski definition) is 0. The summed E-state index contributed by atoms with van der Waals surface area (Å²) in [4.78, 5) is 0. The van der Waals surface area contributed by atoms with Crippen LogP contribution in [-0.4, -0.2) is 0 Å². The molecular formula is C25H17Br5P+. The molecule has 0 radical (unpaired) electrons. The van der Waals surface area contributed by atoms with Gasteiger partial charge in [0.2, 0.25) is 0 Å². The van der Waals surface area contributed by atoms with Gasteiger partial charge in [0, 0.05) is 27.9 Å². The van der Waals surface area contributed by atoms with Crippen molar-refractivity contribution in [3.63, 3.8) is 0 Å². The van der Waals surface area contributed by atoms with Crippen molar-refractivity contribution in [2.45, 2.75) is 6.16 Å². The SMILES string of the molecule is Brc1c(Br)c(Br)c(C[P+](c2ccccc2)(c2ccccc2)c2ccccc2)c(Br)c1Br. The molecule has 0 unspecified atom stereocenters. The van der Waals surface area contributed by atoms with Crippen LogP contribution in [-0.2, 0) is 6.16 Å². The summed E-state index contributed by atoms with van der Waals surface area (Å²) in [5.41, 5.74) is 1.23. The van der Waals surface area contributed by atoms with Crippen molar-refractivity contribution in [2.24, 2.45) is 0 Å². The summed E-state index contributed by atoms with van der Waals surface area (Å²) in [6.45, 7) is 0. The van der Waals surface area contributed by atoms with Crippen LogP contribution < -0.4 is 15.9 Å². The second-order valence-electron chi connectivity index (χ2n) is 7.02. The fourth-order valence-electron chi connectivity index (χ4n) is 3.79. The lowest BCUT2D eigenvalue weighted by atomic mass is 10.2. The minimum Gasteiger partial charge on any atom is -0.0620 e. The zero-order valence-corrected chi connectivity index (χ0v) is 25.0. The van der Waals surface area contributed by atoms with Crippen LogP contribution in [0.5, 0.6) is 0 Å². The average Bonchev–Trinajstić information content (AvgIpc) is 2.83. The van der Waals surface area contributed by atoms with Gasteiger partial charge in [-0.05, 0) is 116 Å². The van der Waals surface area contributed by atoms with Crippen LogP contribution in [0.3, 0.4) is 0 Å². The molecule has 6 heteroatoms. The number of rotatable bonds is 5. The Morgan fingerprint density at radius 3 is 1.03 bits per heavy atom. The Labute approximate surface area is 225 Å². The average molecular weight is 748 g/mol. The number of hydrogen-bond donors (Lipinski definition) is 0. The van der Waals surface area contributed by atoms with E-state index in [-0.39, 0.29) is 0 Å². The van der Waals surface area contributed by atoms with Crippen LogP contribution >= 0.6 is 86.9 Å². The minimum absolute atomic E-state index is 0.872. The van der Waals surface area contributed by atoms with Gasteiger partial charge in [-0.25, -0.2) is 0 Å². The summed E-state index contributed by atoms with van der Waals surface area (Å²) >= 11 is 19.0. The largest absolute Gasteiger partial charge is 0.116 e. The molecule has 0 nitrogen and oxygen atoms in total. The standard InChI is InChI=1S/C25H17Br5P/c26-21-20(22(27)24(29)25(30)23(21)28)16-31(17-10-4-1-5-11-17,18-12-6-2-7-13-18)19-14-8-3-9-15-19/h1-15H,16H2/q+1. The molecule has 0 saturated heterocycles. The van der Waals surface area contributed by atoms with Crippen LogP contribution in [0.4, 0.5) is 0 Å². The van der Waals surface area contributed by atoms with E-state index in [2.05, 4.69) is 171 Å². The van der Waals surface area contributed by atoms with E-state index in [1.807, 2.05) is 0 Å². The minimum atomic E-state index is -2.00. The number of halogens is 5. The molecule has 0 aromatic heterocycles. The third-order valence-electron chi connectivity index (χ3n) is 5.29. The van der Waals surface area contributed by atoms with E-state index >= 15 is 0 Å². The Bertz CT molecular complexity index is 1070. The van der Waals surface area contributed by atoms with Gasteiger partial charge >= 0.3 is 0 Å². The highest BCUT2D eigenvalue weighted by Crippen LogP contribution is 2.60. The first-order valence-corrected chi connectivity index (χ1v) is 15.5. The molecule has 0 bridgehead atoms. The van der Waals surface area contributed by atoms with Crippen molar-refractivity contribution in [2.75, 3.05) is 0 Å². The molecule has 4 aromatic carbocycles. The normalized spacial score (nSPS) is 11.5. The van der Waals surface area contributed by atoms with E-state index in [9.17, 15) is 0 Å². The highest BCUT2D eigenvalue weighted by molar-refractivity contribution is 9.15. The second-order valence-corrected chi connectivity index (χ2v) is 14.5. The summed E-state index contributed by atoms with van der Waals surface area (Å²) in [7, 11) is -2.00. The molecule has 0 N–H and O–H groups in total. The van der Waals surface area contributed by atoms with Gasteiger partial charge in [0.25, 0.3) is 0 Å². The molecule has 31 heavy (non-hydrogen) atoms. The molecule has 0 saturated carbocycles. The molecule has 0 spiro atoms. The smallest absolute Gasteiger partial charge is 0.0620 e. The van der Waals surface area contributed by atoms with E-state index in [1.54, 1.807) is 0 Å². The monoisotopic (exact) mass is 743 g/mol. The summed E-state index contributed by atoms with van der Waals surface area (Å²) in [5.74, 6) is 0. The highest BCUT2D eigenvalue weighted by Gasteiger charge is 2.46. The van der Waals surface area contributed by atoms with Crippen molar-refractivity contribution in [3.8, 4) is 0 Å². The Morgan fingerprint density at radius 2 is 0.710 bits per heavy atom. The topological polar surface area (TPSA) is 0 Å². The van der Waals surface area contributed by atoms with Gasteiger partial charge < -0.3 is 0 Å². The third-order valence-corrected chi connectivity index (χ3v) is 15.9. The van der Waals surface area contributed by atoms with Crippen molar-refractivity contribution in [3.05, 3.63) is 119 Å². The molecular weight excluding hydrogens is 731 g/mol. The Hall–Kier alpha value is -0.290. The van der Waals surface area contributed by atoms with Gasteiger partial charge in [-0.15, -0.1) is 0 Å². The quantitative estimate of drug-likeness (QED) is 0.109. The molecule has 4 rings (SSSR count). The first-order chi connectivity index (χ1) is 15.0. The summed E-state index contributed by atoms with van der Waals surface area (Å²) in [5, 5.41) is 4.09. The predicted octanol–water partition coefficient (Wildman–Crippen LogP) is 8.99. The summed E-state index contributed by atoms with van der Waals surface area (Å²) in [6, 6.07) is 32.8. The van der Waals surface area contributed by atoms with Crippen molar-refractivity contribution in [1.82, 2.24) is 0 Å². The van der Waals surface area contributed by atoms with Gasteiger partial charge in [0.15, 0.2) is 0 Å². The lowest BCUT2D eigenvalue weighted by molar-refractivity contribution is 1.28. The lowest BCUT2D eigenvalue weighted by Gasteiger charge is -2.29. The third kappa shape index (κ3) is 4.56. The fraction of sp³-hybridized carbons (Fsp3) is 0.0400. The van der Waals surface area contributed by atoms with Crippen LogP contribution in [0.1, 0.15) is 5.56 Å². The van der Waals surface area contributed by atoms with Crippen molar-refractivity contribution < 1.29 is 0 Å². The molecule has 156 valence electrons. The maximum absolute atomic E-state index is 3.88. The van der Waals surface area contributed by atoms with Crippen LogP contribution in [0.25, 0.3) is 0 Å². The van der Waals surface area contributed by atoms with Crippen LogP contribution in [0, 0.1) is 0 Å². The first kappa shape index (κ1) is 23.9. The van der Waals surface area contributed by atoms with E-state index in [4.69, 9.17) is 0 Å². The maximum Gasteiger partial charge on any atom is 0.116 e. The van der Waals surface area contributed by atoms with Crippen LogP contribution in [0.2, 0.25) is 0 Å². The fourth-order valence-corrected chi connectivity index (χ4v) is 11.9. The summed E-state index contributed by atoms with van der Waals surface area (Å²) in [6.07, 6.45) is 0.872. The highest BCUT2D eigenvalue weighted by atomic mass is 79.9.